The Balaban J connectivity index is 2.07. The first-order valence-electron chi connectivity index (χ1n) is 9.00. The van der Waals surface area contributed by atoms with E-state index in [1.807, 2.05) is 27.7 Å². The van der Waals surface area contributed by atoms with Crippen LogP contribution in [-0.4, -0.2) is 61.9 Å². The second kappa shape index (κ2) is 8.79. The first-order valence-corrected chi connectivity index (χ1v) is 10.4. The SMILES string of the molecule is CCN(CC)S(=O)(=O)c1ccc(/C=C/C(=O)N2C[C@@H](C)O[C@H](C)C2)cc1. The van der Waals surface area contributed by atoms with Gasteiger partial charge in [-0.25, -0.2) is 8.42 Å². The van der Waals surface area contributed by atoms with E-state index in [0.29, 0.717) is 26.2 Å². The summed E-state index contributed by atoms with van der Waals surface area (Å²) in [4.78, 5) is 14.4. The van der Waals surface area contributed by atoms with Crippen LogP contribution < -0.4 is 0 Å². The van der Waals surface area contributed by atoms with Crippen LogP contribution in [0.15, 0.2) is 35.2 Å². The van der Waals surface area contributed by atoms with E-state index in [1.165, 1.54) is 10.4 Å². The molecular weight excluding hydrogens is 352 g/mol. The fraction of sp³-hybridized carbons (Fsp3) is 0.526. The zero-order valence-corrected chi connectivity index (χ0v) is 16.7. The number of morpholine rings is 1. The molecule has 1 aromatic carbocycles. The quantitative estimate of drug-likeness (QED) is 0.711. The van der Waals surface area contributed by atoms with Crippen LogP contribution in [0.3, 0.4) is 0 Å². The fourth-order valence-electron chi connectivity index (χ4n) is 3.09. The molecule has 0 N–H and O–H groups in total. The summed E-state index contributed by atoms with van der Waals surface area (Å²) in [6.07, 6.45) is 3.29. The van der Waals surface area contributed by atoms with Crippen molar-refractivity contribution in [1.82, 2.24) is 9.21 Å². The molecule has 26 heavy (non-hydrogen) atoms. The van der Waals surface area contributed by atoms with Gasteiger partial charge in [0.05, 0.1) is 17.1 Å². The van der Waals surface area contributed by atoms with E-state index in [9.17, 15) is 13.2 Å². The summed E-state index contributed by atoms with van der Waals surface area (Å²) in [5.74, 6) is -0.0631. The molecule has 0 aromatic heterocycles. The average Bonchev–Trinajstić information content (AvgIpc) is 2.60. The van der Waals surface area contributed by atoms with Gasteiger partial charge in [-0.1, -0.05) is 26.0 Å². The van der Waals surface area contributed by atoms with Crippen molar-refractivity contribution in [1.29, 1.82) is 0 Å². The molecule has 144 valence electrons. The molecule has 6 nitrogen and oxygen atoms in total. The summed E-state index contributed by atoms with van der Waals surface area (Å²) in [5, 5.41) is 0. The minimum absolute atomic E-state index is 0.0284. The lowest BCUT2D eigenvalue weighted by molar-refractivity contribution is -0.137. The molecule has 1 aliphatic rings. The molecule has 1 amide bonds. The second-order valence-electron chi connectivity index (χ2n) is 6.49. The lowest BCUT2D eigenvalue weighted by Gasteiger charge is -2.34. The maximum atomic E-state index is 12.5. The van der Waals surface area contributed by atoms with Crippen molar-refractivity contribution in [2.75, 3.05) is 26.2 Å². The van der Waals surface area contributed by atoms with Crippen LogP contribution in [0, 0.1) is 0 Å². The molecule has 0 unspecified atom stereocenters. The van der Waals surface area contributed by atoms with Crippen molar-refractivity contribution >= 4 is 22.0 Å². The van der Waals surface area contributed by atoms with Crippen molar-refractivity contribution in [2.45, 2.75) is 44.8 Å². The van der Waals surface area contributed by atoms with Crippen LogP contribution in [0.1, 0.15) is 33.3 Å². The third-order valence-corrected chi connectivity index (χ3v) is 6.44. The zero-order valence-electron chi connectivity index (χ0n) is 15.9. The van der Waals surface area contributed by atoms with Gasteiger partial charge in [-0.3, -0.25) is 4.79 Å². The summed E-state index contributed by atoms with van der Waals surface area (Å²) in [7, 11) is -3.46. The monoisotopic (exact) mass is 380 g/mol. The van der Waals surface area contributed by atoms with Crippen LogP contribution in [0.4, 0.5) is 0 Å². The normalized spacial score (nSPS) is 21.5. The van der Waals surface area contributed by atoms with Crippen LogP contribution >= 0.6 is 0 Å². The van der Waals surface area contributed by atoms with E-state index >= 15 is 0 Å². The summed E-state index contributed by atoms with van der Waals surface area (Å²) in [6.45, 7) is 9.57. The van der Waals surface area contributed by atoms with Gasteiger partial charge in [0, 0.05) is 32.3 Å². The highest BCUT2D eigenvalue weighted by Gasteiger charge is 2.24. The average molecular weight is 381 g/mol. The number of carbonyl (C=O) groups excluding carboxylic acids is 1. The van der Waals surface area contributed by atoms with Crippen LogP contribution in [-0.2, 0) is 19.6 Å². The van der Waals surface area contributed by atoms with E-state index < -0.39 is 10.0 Å². The highest BCUT2D eigenvalue weighted by atomic mass is 32.2. The van der Waals surface area contributed by atoms with Crippen molar-refractivity contribution < 1.29 is 17.9 Å². The third kappa shape index (κ3) is 4.93. The van der Waals surface area contributed by atoms with Gasteiger partial charge in [0.2, 0.25) is 15.9 Å². The molecule has 1 aliphatic heterocycles. The first-order chi connectivity index (χ1) is 12.3. The van der Waals surface area contributed by atoms with Crippen LogP contribution in [0.2, 0.25) is 0 Å². The molecule has 0 spiro atoms. The number of hydrogen-bond acceptors (Lipinski definition) is 4. The third-order valence-electron chi connectivity index (χ3n) is 4.37. The molecule has 1 heterocycles. The summed E-state index contributed by atoms with van der Waals surface area (Å²) < 4.78 is 32.0. The summed E-state index contributed by atoms with van der Waals surface area (Å²) in [5.41, 5.74) is 0.784. The Kier molecular flexibility index (Phi) is 6.97. The topological polar surface area (TPSA) is 66.9 Å². The Bertz CT molecular complexity index is 729. The second-order valence-corrected chi connectivity index (χ2v) is 8.43. The Hall–Kier alpha value is -1.70. The Morgan fingerprint density at radius 2 is 1.69 bits per heavy atom. The predicted molar refractivity (Wildman–Crippen MR) is 102 cm³/mol. The number of benzene rings is 1. The number of sulfonamides is 1. The van der Waals surface area contributed by atoms with Crippen molar-refractivity contribution in [3.8, 4) is 0 Å². The van der Waals surface area contributed by atoms with E-state index in [-0.39, 0.29) is 23.0 Å². The zero-order chi connectivity index (χ0) is 19.3. The first kappa shape index (κ1) is 20.6. The van der Waals surface area contributed by atoms with Crippen molar-refractivity contribution in [3.63, 3.8) is 0 Å². The van der Waals surface area contributed by atoms with Gasteiger partial charge in [-0.15, -0.1) is 0 Å². The molecular formula is C19H28N2O4S. The van der Waals surface area contributed by atoms with Gasteiger partial charge in [0.15, 0.2) is 0 Å². The molecule has 1 aromatic rings. The number of carbonyl (C=O) groups is 1. The van der Waals surface area contributed by atoms with E-state index in [2.05, 4.69) is 0 Å². The molecule has 0 saturated carbocycles. The lowest BCUT2D eigenvalue weighted by atomic mass is 10.2. The van der Waals surface area contributed by atoms with Crippen LogP contribution in [0.5, 0.6) is 0 Å². The minimum Gasteiger partial charge on any atom is -0.372 e. The minimum atomic E-state index is -3.46. The molecule has 0 aliphatic carbocycles. The molecule has 2 atom stereocenters. The largest absolute Gasteiger partial charge is 0.372 e. The highest BCUT2D eigenvalue weighted by Crippen LogP contribution is 2.17. The lowest BCUT2D eigenvalue weighted by Crippen LogP contribution is -2.47. The van der Waals surface area contributed by atoms with Gasteiger partial charge in [-0.05, 0) is 37.6 Å². The van der Waals surface area contributed by atoms with Crippen LogP contribution in [0.25, 0.3) is 6.08 Å². The molecule has 0 radical (unpaired) electrons. The predicted octanol–water partition coefficient (Wildman–Crippen LogP) is 2.37. The van der Waals surface area contributed by atoms with Gasteiger partial charge in [0.1, 0.15) is 0 Å². The molecule has 7 heteroatoms. The van der Waals surface area contributed by atoms with Gasteiger partial charge in [0.25, 0.3) is 0 Å². The summed E-state index contributed by atoms with van der Waals surface area (Å²) in [6, 6.07) is 6.59. The van der Waals surface area contributed by atoms with Crippen molar-refractivity contribution in [3.05, 3.63) is 35.9 Å². The van der Waals surface area contributed by atoms with Gasteiger partial charge < -0.3 is 9.64 Å². The number of ether oxygens (including phenoxy) is 1. The van der Waals surface area contributed by atoms with E-state index in [1.54, 1.807) is 35.2 Å². The molecule has 1 saturated heterocycles. The maximum absolute atomic E-state index is 12.5. The summed E-state index contributed by atoms with van der Waals surface area (Å²) >= 11 is 0. The number of amides is 1. The Labute approximate surface area is 156 Å². The molecule has 0 bridgehead atoms. The Morgan fingerprint density at radius 1 is 1.15 bits per heavy atom. The number of hydrogen-bond donors (Lipinski definition) is 0. The smallest absolute Gasteiger partial charge is 0.246 e. The molecule has 2 rings (SSSR count). The van der Waals surface area contributed by atoms with Crippen molar-refractivity contribution in [2.24, 2.45) is 0 Å². The number of rotatable bonds is 6. The highest BCUT2D eigenvalue weighted by molar-refractivity contribution is 7.89. The number of nitrogens with zero attached hydrogens (tertiary/aromatic N) is 2. The van der Waals surface area contributed by atoms with Gasteiger partial charge in [-0.2, -0.15) is 4.31 Å². The standard InChI is InChI=1S/C19H28N2O4S/c1-5-21(6-2)26(23,24)18-10-7-17(8-11-18)9-12-19(22)20-13-15(3)25-16(4)14-20/h7-12,15-16H,5-6,13-14H2,1-4H3/b12-9+/t15-,16-/m1/s1. The van der Waals surface area contributed by atoms with E-state index in [0.717, 1.165) is 5.56 Å². The Morgan fingerprint density at radius 3 is 2.19 bits per heavy atom. The maximum Gasteiger partial charge on any atom is 0.246 e. The molecule has 1 fully saturated rings. The van der Waals surface area contributed by atoms with E-state index in [4.69, 9.17) is 4.74 Å². The van der Waals surface area contributed by atoms with Gasteiger partial charge >= 0.3 is 0 Å². The fourth-order valence-corrected chi connectivity index (χ4v) is 4.55.